The number of fused-ring (bicyclic) bond motifs is 1. The van der Waals surface area contributed by atoms with E-state index < -0.39 is 5.82 Å². The Morgan fingerprint density at radius 3 is 2.59 bits per heavy atom. The van der Waals surface area contributed by atoms with Crippen LogP contribution in [0.25, 0.3) is 10.9 Å². The fourth-order valence-electron chi connectivity index (χ4n) is 3.86. The summed E-state index contributed by atoms with van der Waals surface area (Å²) < 4.78 is 14.2. The zero-order valence-electron chi connectivity index (χ0n) is 16.3. The summed E-state index contributed by atoms with van der Waals surface area (Å²) in [6.07, 6.45) is 4.88. The number of benzene rings is 2. The third-order valence-electron chi connectivity index (χ3n) is 5.48. The highest BCUT2D eigenvalue weighted by molar-refractivity contribution is 6.06. The molecule has 0 spiro atoms. The van der Waals surface area contributed by atoms with Crippen molar-refractivity contribution in [3.05, 3.63) is 59.5 Å². The minimum absolute atomic E-state index is 0.0730. The van der Waals surface area contributed by atoms with Crippen LogP contribution in [0.2, 0.25) is 0 Å². The molecule has 0 atom stereocenters. The van der Waals surface area contributed by atoms with E-state index in [-0.39, 0.29) is 23.4 Å². The smallest absolute Gasteiger partial charge is 0.272 e. The molecule has 2 amide bonds. The minimum atomic E-state index is -0.520. The van der Waals surface area contributed by atoms with Gasteiger partial charge in [-0.15, -0.1) is 0 Å². The third kappa shape index (κ3) is 4.31. The van der Waals surface area contributed by atoms with Crippen LogP contribution in [0.5, 0.6) is 0 Å². The van der Waals surface area contributed by atoms with E-state index in [1.54, 1.807) is 6.07 Å². The number of anilines is 2. The molecule has 150 valence electrons. The fraction of sp³-hybridized carbons (Fsp3) is 0.304. The maximum Gasteiger partial charge on any atom is 0.272 e. The number of carbonyl (C=O) groups is 2. The molecule has 6 heteroatoms. The second-order valence-corrected chi connectivity index (χ2v) is 7.75. The lowest BCUT2D eigenvalue weighted by molar-refractivity contribution is -0.120. The first-order valence-electron chi connectivity index (χ1n) is 10.0. The first-order chi connectivity index (χ1) is 14.0. The van der Waals surface area contributed by atoms with Gasteiger partial charge in [0, 0.05) is 22.5 Å². The summed E-state index contributed by atoms with van der Waals surface area (Å²) >= 11 is 0. The highest BCUT2D eigenvalue weighted by atomic mass is 19.1. The molecular formula is C23H24FN3O2. The van der Waals surface area contributed by atoms with Crippen LogP contribution in [0.1, 0.15) is 48.2 Å². The molecule has 0 unspecified atom stereocenters. The van der Waals surface area contributed by atoms with Crippen LogP contribution in [0.15, 0.2) is 42.5 Å². The van der Waals surface area contributed by atoms with E-state index in [2.05, 4.69) is 15.6 Å². The molecule has 1 aliphatic rings. The van der Waals surface area contributed by atoms with Crippen LogP contribution >= 0.6 is 0 Å². The first kappa shape index (κ1) is 19.2. The second kappa shape index (κ2) is 8.07. The summed E-state index contributed by atoms with van der Waals surface area (Å²) in [6, 6.07) is 11.9. The summed E-state index contributed by atoms with van der Waals surface area (Å²) in [5.74, 6) is -1.07. The van der Waals surface area contributed by atoms with E-state index in [0.29, 0.717) is 11.4 Å². The number of hydrogen-bond donors (Lipinski definition) is 3. The molecule has 1 aliphatic carbocycles. The Labute approximate surface area is 168 Å². The van der Waals surface area contributed by atoms with E-state index in [0.717, 1.165) is 48.6 Å². The normalized spacial score (nSPS) is 14.7. The van der Waals surface area contributed by atoms with Gasteiger partial charge in [0.1, 0.15) is 11.5 Å². The van der Waals surface area contributed by atoms with Crippen molar-refractivity contribution in [2.45, 2.75) is 39.0 Å². The number of aryl methyl sites for hydroxylation is 1. The minimum Gasteiger partial charge on any atom is -0.351 e. The molecule has 0 bridgehead atoms. The molecule has 0 saturated heterocycles. The van der Waals surface area contributed by atoms with E-state index in [1.807, 2.05) is 25.1 Å². The molecule has 1 aromatic heterocycles. The Morgan fingerprint density at radius 1 is 1.00 bits per heavy atom. The molecule has 4 rings (SSSR count). The Kier molecular flexibility index (Phi) is 5.34. The van der Waals surface area contributed by atoms with Crippen molar-refractivity contribution in [2.24, 2.45) is 5.92 Å². The lowest BCUT2D eigenvalue weighted by Gasteiger charge is -2.21. The number of rotatable bonds is 4. The van der Waals surface area contributed by atoms with Crippen LogP contribution in [0.3, 0.4) is 0 Å². The van der Waals surface area contributed by atoms with Gasteiger partial charge in [0.2, 0.25) is 5.91 Å². The van der Waals surface area contributed by atoms with Crippen LogP contribution < -0.4 is 10.6 Å². The number of amides is 2. The summed E-state index contributed by atoms with van der Waals surface area (Å²) in [5.41, 5.74) is 2.91. The molecule has 1 heterocycles. The molecule has 0 radical (unpaired) electrons. The van der Waals surface area contributed by atoms with Crippen LogP contribution in [0, 0.1) is 18.7 Å². The van der Waals surface area contributed by atoms with Crippen molar-refractivity contribution < 1.29 is 14.0 Å². The van der Waals surface area contributed by atoms with Crippen LogP contribution in [-0.4, -0.2) is 16.8 Å². The van der Waals surface area contributed by atoms with Gasteiger partial charge < -0.3 is 15.6 Å². The van der Waals surface area contributed by atoms with Gasteiger partial charge in [0.05, 0.1) is 5.69 Å². The predicted octanol–water partition coefficient (Wildman–Crippen LogP) is 5.39. The number of H-pyrrole nitrogens is 1. The summed E-state index contributed by atoms with van der Waals surface area (Å²) in [7, 11) is 0. The van der Waals surface area contributed by atoms with E-state index in [4.69, 9.17) is 0 Å². The van der Waals surface area contributed by atoms with Gasteiger partial charge in [0.25, 0.3) is 5.91 Å². The average Bonchev–Trinajstić information content (AvgIpc) is 3.14. The molecule has 3 N–H and O–H groups in total. The van der Waals surface area contributed by atoms with Crippen molar-refractivity contribution in [1.29, 1.82) is 0 Å². The molecular weight excluding hydrogens is 369 g/mol. The fourth-order valence-corrected chi connectivity index (χ4v) is 3.86. The van der Waals surface area contributed by atoms with Crippen molar-refractivity contribution in [3.63, 3.8) is 0 Å². The molecule has 3 aromatic rings. The first-order valence-corrected chi connectivity index (χ1v) is 10.0. The summed E-state index contributed by atoms with van der Waals surface area (Å²) in [6.45, 7) is 1.99. The number of aromatic amines is 1. The highest BCUT2D eigenvalue weighted by Crippen LogP contribution is 2.27. The standard InChI is InChI=1S/C23H24FN3O2/c1-14-7-8-16-12-21(26-19(16)11-14)23(29)25-17-9-10-18(24)20(13-17)27-22(28)15-5-3-2-4-6-15/h7-13,15,26H,2-6H2,1H3,(H,25,29)(H,27,28). The molecule has 0 aliphatic heterocycles. The van der Waals surface area contributed by atoms with Crippen molar-refractivity contribution in [1.82, 2.24) is 4.98 Å². The van der Waals surface area contributed by atoms with E-state index in [9.17, 15) is 14.0 Å². The Morgan fingerprint density at radius 2 is 1.79 bits per heavy atom. The van der Waals surface area contributed by atoms with Gasteiger partial charge in [-0.25, -0.2) is 4.39 Å². The van der Waals surface area contributed by atoms with Crippen molar-refractivity contribution in [3.8, 4) is 0 Å². The van der Waals surface area contributed by atoms with Gasteiger partial charge in [-0.05, 0) is 55.7 Å². The van der Waals surface area contributed by atoms with Crippen molar-refractivity contribution in [2.75, 3.05) is 10.6 Å². The number of aromatic nitrogens is 1. The molecule has 1 saturated carbocycles. The number of nitrogens with one attached hydrogen (secondary N) is 3. The highest BCUT2D eigenvalue weighted by Gasteiger charge is 2.22. The Hall–Kier alpha value is -3.15. The van der Waals surface area contributed by atoms with Gasteiger partial charge in [-0.2, -0.15) is 0 Å². The Balaban J connectivity index is 1.48. The second-order valence-electron chi connectivity index (χ2n) is 7.75. The van der Waals surface area contributed by atoms with Gasteiger partial charge in [-0.3, -0.25) is 9.59 Å². The number of carbonyl (C=O) groups excluding carboxylic acids is 2. The quantitative estimate of drug-likeness (QED) is 0.556. The number of halogens is 1. The zero-order chi connectivity index (χ0) is 20.4. The summed E-state index contributed by atoms with van der Waals surface area (Å²) in [5, 5.41) is 6.40. The molecule has 2 aromatic carbocycles. The van der Waals surface area contributed by atoms with Crippen molar-refractivity contribution >= 4 is 34.1 Å². The van der Waals surface area contributed by atoms with E-state index >= 15 is 0 Å². The SMILES string of the molecule is Cc1ccc2cc(C(=O)Nc3ccc(F)c(NC(=O)C4CCCCC4)c3)[nH]c2c1. The monoisotopic (exact) mass is 393 g/mol. The van der Waals surface area contributed by atoms with Crippen LogP contribution in [0.4, 0.5) is 15.8 Å². The predicted molar refractivity (Wildman–Crippen MR) is 113 cm³/mol. The summed E-state index contributed by atoms with van der Waals surface area (Å²) in [4.78, 5) is 28.1. The molecule has 29 heavy (non-hydrogen) atoms. The third-order valence-corrected chi connectivity index (χ3v) is 5.48. The lowest BCUT2D eigenvalue weighted by atomic mass is 9.88. The van der Waals surface area contributed by atoms with Crippen LogP contribution in [-0.2, 0) is 4.79 Å². The maximum atomic E-state index is 14.2. The maximum absolute atomic E-state index is 14.2. The largest absolute Gasteiger partial charge is 0.351 e. The van der Waals surface area contributed by atoms with Gasteiger partial charge >= 0.3 is 0 Å². The topological polar surface area (TPSA) is 74.0 Å². The van der Waals surface area contributed by atoms with Gasteiger partial charge in [0.15, 0.2) is 0 Å². The Bertz CT molecular complexity index is 1070. The average molecular weight is 393 g/mol. The van der Waals surface area contributed by atoms with E-state index in [1.165, 1.54) is 18.2 Å². The number of hydrogen-bond acceptors (Lipinski definition) is 2. The lowest BCUT2D eigenvalue weighted by Crippen LogP contribution is -2.25. The zero-order valence-corrected chi connectivity index (χ0v) is 16.3. The van der Waals surface area contributed by atoms with Gasteiger partial charge in [-0.1, -0.05) is 31.4 Å². The molecule has 1 fully saturated rings. The molecule has 5 nitrogen and oxygen atoms in total.